The number of hydrazine groups is 2. The van der Waals surface area contributed by atoms with Gasteiger partial charge in [0.05, 0.1) is 9.98 Å². The lowest BCUT2D eigenvalue weighted by Crippen LogP contribution is -2.49. The van der Waals surface area contributed by atoms with E-state index in [9.17, 15) is 13.2 Å². The summed E-state index contributed by atoms with van der Waals surface area (Å²) in [5.74, 6) is -0.548. The molecule has 2 rings (SSSR count). The van der Waals surface area contributed by atoms with Gasteiger partial charge >= 0.3 is 0 Å². The van der Waals surface area contributed by atoms with Crippen LogP contribution in [-0.2, 0) is 14.8 Å². The summed E-state index contributed by atoms with van der Waals surface area (Å²) in [6.45, 7) is 0. The van der Waals surface area contributed by atoms with Gasteiger partial charge in [-0.25, -0.2) is 8.42 Å². The predicted molar refractivity (Wildman–Crippen MR) is 99.4 cm³/mol. The van der Waals surface area contributed by atoms with Gasteiger partial charge in [0.25, 0.3) is 15.9 Å². The molecular weight excluding hydrogens is 386 g/mol. The lowest BCUT2D eigenvalue weighted by atomic mass is 10.4. The molecule has 140 valence electrons. The van der Waals surface area contributed by atoms with Crippen molar-refractivity contribution in [3.63, 3.8) is 0 Å². The fourth-order valence-corrected chi connectivity index (χ4v) is 3.74. The second kappa shape index (κ2) is 7.91. The molecule has 0 saturated heterocycles. The van der Waals surface area contributed by atoms with Crippen molar-refractivity contribution in [1.82, 2.24) is 25.8 Å². The molecule has 0 aliphatic heterocycles. The topological polar surface area (TPSA) is 114 Å². The minimum Gasteiger partial charge on any atom is -0.292 e. The highest BCUT2D eigenvalue weighted by Gasteiger charge is 2.34. The fourth-order valence-electron chi connectivity index (χ4n) is 2.07. The van der Waals surface area contributed by atoms with Crippen LogP contribution in [0, 0.1) is 11.8 Å². The van der Waals surface area contributed by atoms with Crippen molar-refractivity contribution < 1.29 is 18.4 Å². The van der Waals surface area contributed by atoms with Crippen LogP contribution in [0.15, 0.2) is 11.1 Å². The van der Waals surface area contributed by atoms with Gasteiger partial charge in [0.1, 0.15) is 0 Å². The third kappa shape index (κ3) is 5.31. The summed E-state index contributed by atoms with van der Waals surface area (Å²) in [6, 6.07) is 0. The third-order valence-electron chi connectivity index (χ3n) is 3.75. The van der Waals surface area contributed by atoms with Gasteiger partial charge in [-0.05, 0) is 25.7 Å². The minimum atomic E-state index is -4.26. The van der Waals surface area contributed by atoms with Gasteiger partial charge in [0.15, 0.2) is 4.91 Å². The lowest BCUT2D eigenvalue weighted by molar-refractivity contribution is -0.119. The molecule has 0 aromatic carbocycles. The molecular formula is C13H21N5O4S3. The van der Waals surface area contributed by atoms with Crippen LogP contribution in [0.1, 0.15) is 25.7 Å². The fraction of sp³-hybridized carbons (Fsp3) is 0.615. The molecule has 2 aliphatic carbocycles. The van der Waals surface area contributed by atoms with E-state index in [1.165, 1.54) is 24.1 Å². The summed E-state index contributed by atoms with van der Waals surface area (Å²) < 4.78 is 24.9. The van der Waals surface area contributed by atoms with Crippen molar-refractivity contribution in [2.75, 3.05) is 14.1 Å². The number of rotatable bonds is 7. The van der Waals surface area contributed by atoms with Crippen LogP contribution in [-0.4, -0.2) is 53.6 Å². The maximum atomic E-state index is 12.5. The summed E-state index contributed by atoms with van der Waals surface area (Å²) in [5.41, 5.74) is 3.98. The Labute approximate surface area is 157 Å². The number of hydrogen-bond acceptors (Lipinski definition) is 7. The van der Waals surface area contributed by atoms with Crippen LogP contribution in [0.3, 0.4) is 0 Å². The number of amides is 1. The highest BCUT2D eigenvalue weighted by Crippen LogP contribution is 2.32. The Morgan fingerprint density at radius 3 is 2.00 bits per heavy atom. The van der Waals surface area contributed by atoms with E-state index in [0.717, 1.165) is 25.7 Å². The highest BCUT2D eigenvalue weighted by atomic mass is 32.2. The molecule has 0 spiro atoms. The Balaban J connectivity index is 2.06. The van der Waals surface area contributed by atoms with Gasteiger partial charge < -0.3 is 0 Å². The van der Waals surface area contributed by atoms with Crippen LogP contribution in [0.5, 0.6) is 0 Å². The van der Waals surface area contributed by atoms with E-state index < -0.39 is 20.8 Å². The first-order valence-corrected chi connectivity index (χ1v) is 9.95. The van der Waals surface area contributed by atoms with E-state index in [4.69, 9.17) is 29.6 Å². The van der Waals surface area contributed by atoms with Crippen LogP contribution in [0.25, 0.3) is 0 Å². The second-order valence-electron chi connectivity index (χ2n) is 6.02. The number of nitrogens with zero attached hydrogens (tertiary/aromatic N) is 2. The summed E-state index contributed by atoms with van der Waals surface area (Å²) >= 11 is 10.4. The maximum Gasteiger partial charge on any atom is 0.284 e. The number of sulfonamides is 1. The molecule has 0 aromatic heterocycles. The van der Waals surface area contributed by atoms with Gasteiger partial charge in [-0.2, -0.15) is 0 Å². The van der Waals surface area contributed by atoms with Gasteiger partial charge in [0, 0.05) is 32.1 Å². The minimum absolute atomic E-state index is 0.168. The van der Waals surface area contributed by atoms with Crippen LogP contribution >= 0.6 is 24.4 Å². The molecule has 12 heteroatoms. The number of nitrogens with one attached hydrogen (secondary N) is 3. The standard InChI is InChI=1S/C13H21N5O4S3/c1-17(12(23)8-3-4-8)15-11(19)10(7-14-20)25(21,22)16-18(2)13(24)9-5-6-9/h7-9,14,16,20H,3-6H2,1-2H3,(H,15,19). The van der Waals surface area contributed by atoms with Crippen LogP contribution < -0.4 is 15.7 Å². The molecule has 2 fully saturated rings. The molecule has 9 nitrogen and oxygen atoms in total. The smallest absolute Gasteiger partial charge is 0.284 e. The molecule has 0 unspecified atom stereocenters. The first-order chi connectivity index (χ1) is 11.7. The Bertz CT molecular complexity index is 700. The number of hydrogen-bond donors (Lipinski definition) is 4. The Morgan fingerprint density at radius 2 is 1.56 bits per heavy atom. The van der Waals surface area contributed by atoms with E-state index in [2.05, 4.69) is 10.3 Å². The Morgan fingerprint density at radius 1 is 1.08 bits per heavy atom. The average Bonchev–Trinajstić information content (AvgIpc) is 3.41. The molecule has 0 aromatic rings. The van der Waals surface area contributed by atoms with Crippen molar-refractivity contribution in [3.05, 3.63) is 11.1 Å². The monoisotopic (exact) mass is 407 g/mol. The first kappa shape index (κ1) is 20.0. The number of hydroxylamine groups is 1. The van der Waals surface area contributed by atoms with Crippen molar-refractivity contribution in [1.29, 1.82) is 0 Å². The van der Waals surface area contributed by atoms with Gasteiger partial charge in [-0.15, -0.1) is 4.83 Å². The van der Waals surface area contributed by atoms with Crippen LogP contribution in [0.2, 0.25) is 0 Å². The van der Waals surface area contributed by atoms with Gasteiger partial charge in [-0.3, -0.25) is 30.9 Å². The largest absolute Gasteiger partial charge is 0.292 e. The number of carbonyl (C=O) groups is 1. The zero-order valence-corrected chi connectivity index (χ0v) is 16.3. The molecule has 2 aliphatic rings. The van der Waals surface area contributed by atoms with Crippen molar-refractivity contribution >= 4 is 50.3 Å². The van der Waals surface area contributed by atoms with Crippen molar-refractivity contribution in [2.24, 2.45) is 11.8 Å². The average molecular weight is 408 g/mol. The second-order valence-corrected chi connectivity index (χ2v) is 8.48. The highest BCUT2D eigenvalue weighted by molar-refractivity contribution is 7.94. The molecule has 2 saturated carbocycles. The van der Waals surface area contributed by atoms with Gasteiger partial charge in [0.2, 0.25) is 0 Å². The molecule has 4 N–H and O–H groups in total. The first-order valence-electron chi connectivity index (χ1n) is 7.65. The third-order valence-corrected chi connectivity index (χ3v) is 6.36. The quantitative estimate of drug-likeness (QED) is 0.263. The molecule has 25 heavy (non-hydrogen) atoms. The summed E-state index contributed by atoms with van der Waals surface area (Å²) in [7, 11) is -1.26. The number of thiocarbonyl (C=S) groups is 2. The van der Waals surface area contributed by atoms with E-state index in [1.54, 1.807) is 5.48 Å². The van der Waals surface area contributed by atoms with Crippen molar-refractivity contribution in [3.8, 4) is 0 Å². The summed E-state index contributed by atoms with van der Waals surface area (Å²) in [6.07, 6.45) is 4.40. The Kier molecular flexibility index (Phi) is 6.32. The lowest BCUT2D eigenvalue weighted by Gasteiger charge is -2.24. The maximum absolute atomic E-state index is 12.5. The normalized spacial score (nSPS) is 17.6. The van der Waals surface area contributed by atoms with E-state index in [-0.39, 0.29) is 11.8 Å². The van der Waals surface area contributed by atoms with E-state index >= 15 is 0 Å². The van der Waals surface area contributed by atoms with Crippen molar-refractivity contribution in [2.45, 2.75) is 25.7 Å². The van der Waals surface area contributed by atoms with Gasteiger partial charge in [-0.1, -0.05) is 24.4 Å². The molecule has 0 heterocycles. The summed E-state index contributed by atoms with van der Waals surface area (Å²) in [4.78, 5) is 14.8. The van der Waals surface area contributed by atoms with Crippen LogP contribution in [0.4, 0.5) is 0 Å². The predicted octanol–water partition coefficient (Wildman–Crippen LogP) is 0.0106. The van der Waals surface area contributed by atoms with E-state index in [1.807, 2.05) is 0 Å². The summed E-state index contributed by atoms with van der Waals surface area (Å²) in [5, 5.41) is 11.4. The van der Waals surface area contributed by atoms with E-state index in [0.29, 0.717) is 16.2 Å². The number of carbonyl (C=O) groups excluding carboxylic acids is 1. The molecule has 0 atom stereocenters. The molecule has 0 bridgehead atoms. The Hall–Kier alpha value is -1.34. The molecule has 1 amide bonds. The molecule has 0 radical (unpaired) electrons. The zero-order valence-electron chi connectivity index (χ0n) is 13.9. The zero-order chi connectivity index (χ0) is 18.8. The SMILES string of the molecule is CN(NC(=O)C(=CNO)S(=O)(=O)NN(C)C(=S)C1CC1)C(=S)C1CC1.